The van der Waals surface area contributed by atoms with E-state index in [-0.39, 0.29) is 17.8 Å². The number of aryl methyl sites for hydroxylation is 1. The van der Waals surface area contributed by atoms with Crippen LogP contribution in [0, 0.1) is 5.92 Å². The van der Waals surface area contributed by atoms with Crippen LogP contribution >= 0.6 is 15.9 Å². The van der Waals surface area contributed by atoms with Crippen molar-refractivity contribution in [1.29, 1.82) is 0 Å². The molecule has 1 saturated heterocycles. The van der Waals surface area contributed by atoms with Gasteiger partial charge in [0.1, 0.15) is 11.3 Å². The molecule has 1 amide bonds. The molecular formula is C14H20BrN3O3. The summed E-state index contributed by atoms with van der Waals surface area (Å²) in [7, 11) is 1.73. The molecule has 0 aromatic carbocycles. The average molecular weight is 358 g/mol. The highest BCUT2D eigenvalue weighted by Gasteiger charge is 2.35. The highest BCUT2D eigenvalue weighted by atomic mass is 79.9. The Labute approximate surface area is 132 Å². The Morgan fingerprint density at radius 1 is 1.43 bits per heavy atom. The lowest BCUT2D eigenvalue weighted by atomic mass is 10.0. The van der Waals surface area contributed by atoms with Gasteiger partial charge in [0.25, 0.3) is 0 Å². The fraction of sp³-hybridized carbons (Fsp3) is 0.643. The zero-order valence-electron chi connectivity index (χ0n) is 12.7. The number of carbonyl (C=O) groups excluding carboxylic acids is 2. The van der Waals surface area contributed by atoms with Gasteiger partial charge in [-0.1, -0.05) is 0 Å². The molecule has 1 aromatic rings. The third-order valence-corrected chi connectivity index (χ3v) is 3.92. The third-order valence-electron chi connectivity index (χ3n) is 3.34. The number of likely N-dealkylation sites (tertiary alicyclic amines) is 1. The Morgan fingerprint density at radius 2 is 2.10 bits per heavy atom. The highest BCUT2D eigenvalue weighted by molar-refractivity contribution is 9.10. The Hall–Kier alpha value is -1.37. The Balaban J connectivity index is 2.03. The largest absolute Gasteiger partial charge is 0.444 e. The van der Waals surface area contributed by atoms with Crippen molar-refractivity contribution in [2.24, 2.45) is 13.0 Å². The second-order valence-electron chi connectivity index (χ2n) is 6.24. The van der Waals surface area contributed by atoms with Gasteiger partial charge in [0.2, 0.25) is 0 Å². The number of Topliss-reactive ketones (excluding diaryl/α,β-unsaturated/α-hetero) is 1. The number of amides is 1. The van der Waals surface area contributed by atoms with E-state index in [0.717, 1.165) is 0 Å². The van der Waals surface area contributed by atoms with Gasteiger partial charge in [-0.15, -0.1) is 0 Å². The first kappa shape index (κ1) is 16.0. The predicted octanol–water partition coefficient (Wildman–Crippen LogP) is 2.62. The summed E-state index contributed by atoms with van der Waals surface area (Å²) < 4.78 is 7.58. The first-order chi connectivity index (χ1) is 9.69. The van der Waals surface area contributed by atoms with Crippen LogP contribution in [0.4, 0.5) is 4.79 Å². The van der Waals surface area contributed by atoms with Crippen LogP contribution in [0.25, 0.3) is 0 Å². The van der Waals surface area contributed by atoms with Crippen LogP contribution in [-0.4, -0.2) is 45.2 Å². The van der Waals surface area contributed by atoms with Crippen molar-refractivity contribution >= 4 is 27.8 Å². The van der Waals surface area contributed by atoms with Crippen LogP contribution in [0.15, 0.2) is 10.7 Å². The zero-order valence-corrected chi connectivity index (χ0v) is 14.3. The molecule has 2 rings (SSSR count). The van der Waals surface area contributed by atoms with E-state index < -0.39 is 5.60 Å². The van der Waals surface area contributed by atoms with Crippen molar-refractivity contribution in [3.63, 3.8) is 0 Å². The molecule has 1 aromatic heterocycles. The van der Waals surface area contributed by atoms with E-state index in [1.54, 1.807) is 22.8 Å². The molecule has 0 bridgehead atoms. The number of halogens is 1. The summed E-state index contributed by atoms with van der Waals surface area (Å²) in [6.45, 7) is 6.43. The van der Waals surface area contributed by atoms with E-state index in [1.807, 2.05) is 20.8 Å². The molecule has 0 spiro atoms. The molecule has 2 heterocycles. The molecule has 116 valence electrons. The maximum absolute atomic E-state index is 12.5. The van der Waals surface area contributed by atoms with Crippen LogP contribution < -0.4 is 0 Å². The van der Waals surface area contributed by atoms with Crippen molar-refractivity contribution in [1.82, 2.24) is 14.7 Å². The lowest BCUT2D eigenvalue weighted by Crippen LogP contribution is -2.36. The minimum absolute atomic E-state index is 0.00735. The lowest BCUT2D eigenvalue weighted by Gasteiger charge is -2.24. The van der Waals surface area contributed by atoms with E-state index in [4.69, 9.17) is 4.74 Å². The normalized spacial score (nSPS) is 18.9. The van der Waals surface area contributed by atoms with Crippen LogP contribution in [0.3, 0.4) is 0 Å². The van der Waals surface area contributed by atoms with Gasteiger partial charge in [0.15, 0.2) is 5.78 Å². The summed E-state index contributed by atoms with van der Waals surface area (Å²) >= 11 is 3.34. The quantitative estimate of drug-likeness (QED) is 0.763. The van der Waals surface area contributed by atoms with Crippen molar-refractivity contribution < 1.29 is 14.3 Å². The number of aromatic nitrogens is 2. The van der Waals surface area contributed by atoms with E-state index in [1.165, 1.54) is 0 Å². The molecule has 1 atom stereocenters. The maximum atomic E-state index is 12.5. The zero-order chi connectivity index (χ0) is 15.8. The van der Waals surface area contributed by atoms with Crippen LogP contribution in [0.2, 0.25) is 0 Å². The van der Waals surface area contributed by atoms with Crippen molar-refractivity contribution in [2.45, 2.75) is 32.8 Å². The summed E-state index contributed by atoms with van der Waals surface area (Å²) in [4.78, 5) is 26.1. The Kier molecular flexibility index (Phi) is 4.41. The Morgan fingerprint density at radius 3 is 2.62 bits per heavy atom. The van der Waals surface area contributed by atoms with Gasteiger partial charge in [-0.3, -0.25) is 9.48 Å². The molecule has 1 fully saturated rings. The van der Waals surface area contributed by atoms with Gasteiger partial charge in [0, 0.05) is 26.1 Å². The number of carbonyl (C=O) groups is 2. The van der Waals surface area contributed by atoms with Gasteiger partial charge in [-0.2, -0.15) is 5.10 Å². The van der Waals surface area contributed by atoms with Gasteiger partial charge in [0.05, 0.1) is 10.7 Å². The summed E-state index contributed by atoms with van der Waals surface area (Å²) in [6, 6.07) is 0. The van der Waals surface area contributed by atoms with E-state index in [0.29, 0.717) is 29.7 Å². The number of ketones is 1. The minimum Gasteiger partial charge on any atom is -0.444 e. The fourth-order valence-corrected chi connectivity index (χ4v) is 2.89. The molecular weight excluding hydrogens is 338 g/mol. The van der Waals surface area contributed by atoms with Crippen LogP contribution in [0.5, 0.6) is 0 Å². The molecule has 21 heavy (non-hydrogen) atoms. The van der Waals surface area contributed by atoms with E-state index in [2.05, 4.69) is 21.0 Å². The maximum Gasteiger partial charge on any atom is 0.410 e. The van der Waals surface area contributed by atoms with Crippen LogP contribution in [0.1, 0.15) is 37.7 Å². The van der Waals surface area contributed by atoms with E-state index in [9.17, 15) is 9.59 Å². The predicted molar refractivity (Wildman–Crippen MR) is 81.2 cm³/mol. The molecule has 0 saturated carbocycles. The standard InChI is InChI=1S/C14H20BrN3O3/c1-14(2,3)21-13(20)18-6-5-9(8-18)12(19)11-10(15)7-16-17(11)4/h7,9H,5-6,8H2,1-4H3. The number of nitrogens with zero attached hydrogens (tertiary/aromatic N) is 3. The average Bonchev–Trinajstić information content (AvgIpc) is 2.94. The summed E-state index contributed by atoms with van der Waals surface area (Å²) in [5.74, 6) is -0.197. The minimum atomic E-state index is -0.524. The number of hydrogen-bond donors (Lipinski definition) is 0. The van der Waals surface area contributed by atoms with Crippen LogP contribution in [-0.2, 0) is 11.8 Å². The fourth-order valence-electron chi connectivity index (χ4n) is 2.35. The molecule has 1 unspecified atom stereocenters. The lowest BCUT2D eigenvalue weighted by molar-refractivity contribution is 0.0289. The molecule has 0 radical (unpaired) electrons. The topological polar surface area (TPSA) is 64.4 Å². The Bertz CT molecular complexity index is 543. The summed E-state index contributed by atoms with van der Waals surface area (Å²) in [5, 5.41) is 4.05. The summed E-state index contributed by atoms with van der Waals surface area (Å²) in [6.07, 6.45) is 1.89. The van der Waals surface area contributed by atoms with E-state index >= 15 is 0 Å². The van der Waals surface area contributed by atoms with Crippen molar-refractivity contribution in [3.05, 3.63) is 16.4 Å². The molecule has 7 heteroatoms. The molecule has 1 aliphatic heterocycles. The molecule has 6 nitrogen and oxygen atoms in total. The smallest absolute Gasteiger partial charge is 0.410 e. The van der Waals surface area contributed by atoms with Crippen molar-refractivity contribution in [2.75, 3.05) is 13.1 Å². The van der Waals surface area contributed by atoms with Gasteiger partial charge < -0.3 is 9.64 Å². The van der Waals surface area contributed by atoms with Crippen molar-refractivity contribution in [3.8, 4) is 0 Å². The van der Waals surface area contributed by atoms with Gasteiger partial charge in [-0.05, 0) is 43.1 Å². The monoisotopic (exact) mass is 357 g/mol. The number of hydrogen-bond acceptors (Lipinski definition) is 4. The first-order valence-electron chi connectivity index (χ1n) is 6.88. The number of rotatable bonds is 2. The second-order valence-corrected chi connectivity index (χ2v) is 7.10. The van der Waals surface area contributed by atoms with Gasteiger partial charge >= 0.3 is 6.09 Å². The highest BCUT2D eigenvalue weighted by Crippen LogP contribution is 2.26. The van der Waals surface area contributed by atoms with Gasteiger partial charge in [-0.25, -0.2) is 4.79 Å². The molecule has 1 aliphatic rings. The molecule has 0 N–H and O–H groups in total. The molecule has 0 aliphatic carbocycles. The first-order valence-corrected chi connectivity index (χ1v) is 7.68. The SMILES string of the molecule is Cn1ncc(Br)c1C(=O)C1CCN(C(=O)OC(C)(C)C)C1. The third kappa shape index (κ3) is 3.64. The summed E-state index contributed by atoms with van der Waals surface area (Å²) in [5.41, 5.74) is 0.0237. The second kappa shape index (κ2) is 5.79. The number of ether oxygens (including phenoxy) is 1.